The number of rotatable bonds is 2. The van der Waals surface area contributed by atoms with Crippen LogP contribution in [0.25, 0.3) is 0 Å². The Morgan fingerprint density at radius 1 is 0.853 bits per heavy atom. The molecular weight excluding hydrogens is 557 g/mol. The van der Waals surface area contributed by atoms with Crippen LogP contribution in [0.4, 0.5) is 10.1 Å². The molecule has 4 saturated carbocycles. The maximum Gasteiger partial charge on any atom is 0.142 e. The summed E-state index contributed by atoms with van der Waals surface area (Å²) in [5.74, 6) is 2.50. The molecule has 4 bridgehead atoms. The van der Waals surface area contributed by atoms with Crippen molar-refractivity contribution in [2.75, 3.05) is 11.4 Å². The zero-order valence-electron chi connectivity index (χ0n) is 19.1. The molecule has 3 nitrogen and oxygen atoms in total. The monoisotopic (exact) mass is 583 g/mol. The summed E-state index contributed by atoms with van der Waals surface area (Å²) in [7, 11) is 0. The molecule has 0 N–H and O–H groups in total. The predicted molar refractivity (Wildman–Crippen MR) is 139 cm³/mol. The summed E-state index contributed by atoms with van der Waals surface area (Å²) < 4.78 is 14.0. The lowest BCUT2D eigenvalue weighted by Gasteiger charge is -2.60. The molecule has 1 atom stereocenters. The molecule has 1 saturated heterocycles. The van der Waals surface area contributed by atoms with Gasteiger partial charge in [0.15, 0.2) is 0 Å². The molecule has 1 heterocycles. The third kappa shape index (κ3) is 4.29. The lowest BCUT2D eigenvalue weighted by atomic mass is 9.47. The summed E-state index contributed by atoms with van der Waals surface area (Å²) in [5, 5.41) is 18.1. The number of hydrogen-bond acceptors (Lipinski definition) is 3. The Kier molecular flexibility index (Phi) is 6.75. The van der Waals surface area contributed by atoms with Crippen LogP contribution in [0.5, 0.6) is 0 Å². The van der Waals surface area contributed by atoms with Gasteiger partial charge in [-0.25, -0.2) is 4.39 Å². The predicted octanol–water partition coefficient (Wildman–Crippen LogP) is 7.97. The van der Waals surface area contributed by atoms with E-state index in [2.05, 4.69) is 55.0 Å². The fourth-order valence-corrected chi connectivity index (χ4v) is 8.62. The van der Waals surface area contributed by atoms with Crippen LogP contribution in [0.1, 0.15) is 62.5 Å². The zero-order valence-corrected chi connectivity index (χ0v) is 22.3. The van der Waals surface area contributed by atoms with Crippen molar-refractivity contribution in [1.29, 1.82) is 10.5 Å². The SMILES string of the molecule is N#Cc1c(Br)cccc1N1CCCC1C12CC3CC(CC(C3)C1)C2.N#Cc1c(F)cccc1Br. The van der Waals surface area contributed by atoms with Crippen molar-refractivity contribution in [2.45, 2.75) is 57.4 Å². The second kappa shape index (κ2) is 9.63. The molecule has 2 aromatic carbocycles. The van der Waals surface area contributed by atoms with E-state index in [0.717, 1.165) is 34.3 Å². The standard InChI is InChI=1S/C21H25BrN2.C7H3BrFN/c22-18-3-1-4-19(17(18)13-23)24-6-2-5-20(24)21-10-14-7-15(11-21)9-16(8-14)12-21;8-6-2-1-3-7(9)5(6)4-10/h1,3-4,14-16,20H,2,5-12H2;1-3H. The van der Waals surface area contributed by atoms with Crippen molar-refractivity contribution in [2.24, 2.45) is 23.2 Å². The summed E-state index contributed by atoms with van der Waals surface area (Å²) in [6.07, 6.45) is 11.5. The Morgan fingerprint density at radius 3 is 1.94 bits per heavy atom. The number of hydrogen-bond donors (Lipinski definition) is 0. The van der Waals surface area contributed by atoms with Gasteiger partial charge in [0.2, 0.25) is 0 Å². The van der Waals surface area contributed by atoms with Crippen molar-refractivity contribution < 1.29 is 4.39 Å². The van der Waals surface area contributed by atoms with Gasteiger partial charge < -0.3 is 4.90 Å². The van der Waals surface area contributed by atoms with Crippen LogP contribution in [0, 0.1) is 51.6 Å². The molecule has 176 valence electrons. The van der Waals surface area contributed by atoms with E-state index >= 15 is 0 Å². The van der Waals surface area contributed by atoms with Crippen LogP contribution in [-0.4, -0.2) is 12.6 Å². The first-order valence-corrected chi connectivity index (χ1v) is 13.8. The Morgan fingerprint density at radius 2 is 1.41 bits per heavy atom. The average Bonchev–Trinajstić information content (AvgIpc) is 3.29. The highest BCUT2D eigenvalue weighted by molar-refractivity contribution is 9.10. The molecule has 7 rings (SSSR count). The Hall–Kier alpha value is -1.89. The summed E-state index contributed by atoms with van der Waals surface area (Å²) in [5.41, 5.74) is 2.60. The Bertz CT molecular complexity index is 1110. The smallest absolute Gasteiger partial charge is 0.142 e. The van der Waals surface area contributed by atoms with Crippen LogP contribution < -0.4 is 4.90 Å². The van der Waals surface area contributed by atoms with Gasteiger partial charge in [-0.2, -0.15) is 10.5 Å². The summed E-state index contributed by atoms with van der Waals surface area (Å²) >= 11 is 6.63. The molecule has 1 unspecified atom stereocenters. The van der Waals surface area contributed by atoms with Gasteiger partial charge in [-0.05, 0) is 131 Å². The molecular formula is C28H28Br2FN3. The van der Waals surface area contributed by atoms with E-state index in [1.165, 1.54) is 63.1 Å². The van der Waals surface area contributed by atoms with Gasteiger partial charge in [-0.15, -0.1) is 0 Å². The zero-order chi connectivity index (χ0) is 23.9. The van der Waals surface area contributed by atoms with Crippen molar-refractivity contribution in [3.63, 3.8) is 0 Å². The van der Waals surface area contributed by atoms with Crippen LogP contribution in [-0.2, 0) is 0 Å². The molecule has 5 fully saturated rings. The minimum Gasteiger partial charge on any atom is -0.367 e. The lowest BCUT2D eigenvalue weighted by Crippen LogP contribution is -2.55. The second-order valence-corrected chi connectivity index (χ2v) is 12.3. The lowest BCUT2D eigenvalue weighted by molar-refractivity contribution is -0.0659. The maximum atomic E-state index is 12.6. The van der Waals surface area contributed by atoms with E-state index in [0.29, 0.717) is 15.9 Å². The summed E-state index contributed by atoms with van der Waals surface area (Å²) in [6.45, 7) is 1.12. The minimum atomic E-state index is -0.489. The van der Waals surface area contributed by atoms with Crippen molar-refractivity contribution >= 4 is 37.5 Å². The third-order valence-corrected chi connectivity index (χ3v) is 9.85. The molecule has 1 aliphatic heterocycles. The molecule has 34 heavy (non-hydrogen) atoms. The highest BCUT2D eigenvalue weighted by atomic mass is 79.9. The molecule has 0 aromatic heterocycles. The Labute approximate surface area is 218 Å². The number of halogens is 3. The van der Waals surface area contributed by atoms with Crippen LogP contribution in [0.3, 0.4) is 0 Å². The van der Waals surface area contributed by atoms with Gasteiger partial charge in [-0.1, -0.05) is 12.1 Å². The molecule has 0 radical (unpaired) electrons. The fourth-order valence-electron chi connectivity index (χ4n) is 7.74. The quantitative estimate of drug-likeness (QED) is 0.360. The maximum absolute atomic E-state index is 12.6. The van der Waals surface area contributed by atoms with Crippen molar-refractivity contribution in [1.82, 2.24) is 0 Å². The highest BCUT2D eigenvalue weighted by Gasteiger charge is 2.56. The molecule has 2 aromatic rings. The molecule has 4 aliphatic carbocycles. The van der Waals surface area contributed by atoms with Crippen LogP contribution in [0.2, 0.25) is 0 Å². The largest absolute Gasteiger partial charge is 0.367 e. The van der Waals surface area contributed by atoms with E-state index < -0.39 is 5.82 Å². The topological polar surface area (TPSA) is 50.8 Å². The summed E-state index contributed by atoms with van der Waals surface area (Å²) in [6, 6.07) is 15.5. The Balaban J connectivity index is 0.000000204. The van der Waals surface area contributed by atoms with E-state index in [-0.39, 0.29) is 5.56 Å². The van der Waals surface area contributed by atoms with E-state index in [9.17, 15) is 9.65 Å². The van der Waals surface area contributed by atoms with Gasteiger partial charge in [-0.3, -0.25) is 0 Å². The van der Waals surface area contributed by atoms with Gasteiger partial charge in [0, 0.05) is 21.5 Å². The molecule has 0 spiro atoms. The molecule has 5 aliphatic rings. The van der Waals surface area contributed by atoms with E-state index in [4.69, 9.17) is 5.26 Å². The number of anilines is 1. The normalized spacial score (nSPS) is 30.9. The first-order valence-electron chi connectivity index (χ1n) is 12.2. The first kappa shape index (κ1) is 23.8. The van der Waals surface area contributed by atoms with Crippen molar-refractivity contribution in [3.05, 3.63) is 62.3 Å². The van der Waals surface area contributed by atoms with Gasteiger partial charge >= 0.3 is 0 Å². The van der Waals surface area contributed by atoms with Crippen LogP contribution >= 0.6 is 31.9 Å². The van der Waals surface area contributed by atoms with Crippen molar-refractivity contribution in [3.8, 4) is 12.1 Å². The third-order valence-electron chi connectivity index (χ3n) is 8.53. The van der Waals surface area contributed by atoms with Gasteiger partial charge in [0.05, 0.1) is 11.3 Å². The second-order valence-electron chi connectivity index (χ2n) is 10.6. The van der Waals surface area contributed by atoms with Gasteiger partial charge in [0.25, 0.3) is 0 Å². The minimum absolute atomic E-state index is 0.0579. The number of nitriles is 2. The molecule has 6 heteroatoms. The highest BCUT2D eigenvalue weighted by Crippen LogP contribution is 2.63. The number of benzene rings is 2. The average molecular weight is 585 g/mol. The fraction of sp³-hybridized carbons (Fsp3) is 0.500. The van der Waals surface area contributed by atoms with Gasteiger partial charge in [0.1, 0.15) is 23.5 Å². The first-order chi connectivity index (χ1) is 16.4. The number of nitrogens with zero attached hydrogens (tertiary/aromatic N) is 3. The van der Waals surface area contributed by atoms with Crippen LogP contribution in [0.15, 0.2) is 45.3 Å². The van der Waals surface area contributed by atoms with E-state index in [1.54, 1.807) is 18.2 Å². The molecule has 0 amide bonds. The van der Waals surface area contributed by atoms with E-state index in [1.807, 2.05) is 6.07 Å². The summed E-state index contributed by atoms with van der Waals surface area (Å²) in [4.78, 5) is 2.62.